The first-order valence-corrected chi connectivity index (χ1v) is 7.91. The van der Waals surface area contributed by atoms with Crippen LogP contribution in [0.3, 0.4) is 0 Å². The van der Waals surface area contributed by atoms with E-state index in [9.17, 15) is 5.11 Å². The molecule has 3 nitrogen and oxygen atoms in total. The summed E-state index contributed by atoms with van der Waals surface area (Å²) in [5, 5.41) is 10.4. The van der Waals surface area contributed by atoms with Crippen LogP contribution in [-0.4, -0.2) is 59.8 Å². The van der Waals surface area contributed by atoms with E-state index in [1.165, 1.54) is 6.42 Å². The largest absolute Gasteiger partial charge is 0.393 e. The van der Waals surface area contributed by atoms with E-state index < -0.39 is 0 Å². The number of rotatable bonds is 2. The molecule has 19 heavy (non-hydrogen) atoms. The van der Waals surface area contributed by atoms with E-state index in [1.54, 1.807) is 0 Å². The Balaban J connectivity index is 1.94. The molecule has 0 aromatic rings. The Morgan fingerprint density at radius 2 is 1.84 bits per heavy atom. The highest BCUT2D eigenvalue weighted by Crippen LogP contribution is 2.35. The number of hydrogen-bond donors (Lipinski definition) is 1. The number of hydrogen-bond acceptors (Lipinski definition) is 3. The number of aliphatic hydroxyl groups excluding tert-OH is 1. The lowest BCUT2D eigenvalue weighted by Gasteiger charge is -2.48. The highest BCUT2D eigenvalue weighted by atomic mass is 16.3. The highest BCUT2D eigenvalue weighted by molar-refractivity contribution is 4.91. The number of nitrogens with zero attached hydrogens (tertiary/aromatic N) is 2. The van der Waals surface area contributed by atoms with Crippen LogP contribution in [0.4, 0.5) is 0 Å². The van der Waals surface area contributed by atoms with E-state index in [1.807, 2.05) is 0 Å². The second-order valence-electron chi connectivity index (χ2n) is 7.75. The third-order valence-corrected chi connectivity index (χ3v) is 5.51. The molecule has 4 atom stereocenters. The summed E-state index contributed by atoms with van der Waals surface area (Å²) >= 11 is 0. The minimum Gasteiger partial charge on any atom is -0.393 e. The molecular weight excluding hydrogens is 236 g/mol. The quantitative estimate of drug-likeness (QED) is 0.830. The van der Waals surface area contributed by atoms with Crippen LogP contribution in [0.5, 0.6) is 0 Å². The minimum atomic E-state index is -0.0958. The predicted molar refractivity (Wildman–Crippen MR) is 80.2 cm³/mol. The average Bonchev–Trinajstić information content (AvgIpc) is 2.28. The van der Waals surface area contributed by atoms with E-state index in [2.05, 4.69) is 44.5 Å². The zero-order valence-corrected chi connectivity index (χ0v) is 13.4. The van der Waals surface area contributed by atoms with Crippen molar-refractivity contribution >= 4 is 0 Å². The van der Waals surface area contributed by atoms with Gasteiger partial charge in [0.15, 0.2) is 0 Å². The monoisotopic (exact) mass is 268 g/mol. The van der Waals surface area contributed by atoms with Crippen molar-refractivity contribution in [2.24, 2.45) is 17.8 Å². The highest BCUT2D eigenvalue weighted by Gasteiger charge is 2.37. The van der Waals surface area contributed by atoms with Crippen molar-refractivity contribution in [1.29, 1.82) is 0 Å². The lowest BCUT2D eigenvalue weighted by molar-refractivity contribution is -0.0270. The summed E-state index contributed by atoms with van der Waals surface area (Å²) in [6.07, 6.45) is 2.17. The van der Waals surface area contributed by atoms with E-state index in [0.717, 1.165) is 32.6 Å². The fourth-order valence-corrected chi connectivity index (χ4v) is 3.97. The van der Waals surface area contributed by atoms with E-state index in [-0.39, 0.29) is 11.6 Å². The molecule has 0 spiro atoms. The molecule has 1 aliphatic heterocycles. The van der Waals surface area contributed by atoms with Gasteiger partial charge >= 0.3 is 0 Å². The second-order valence-corrected chi connectivity index (χ2v) is 7.75. The van der Waals surface area contributed by atoms with Crippen molar-refractivity contribution in [2.45, 2.75) is 52.2 Å². The number of likely N-dealkylation sites (N-methyl/N-ethyl adjacent to an activating group) is 1. The van der Waals surface area contributed by atoms with Crippen LogP contribution in [-0.2, 0) is 0 Å². The molecule has 4 unspecified atom stereocenters. The maximum absolute atomic E-state index is 10.4. The zero-order chi connectivity index (χ0) is 14.2. The molecule has 0 amide bonds. The van der Waals surface area contributed by atoms with Crippen molar-refractivity contribution in [2.75, 3.05) is 33.2 Å². The molecule has 1 aliphatic carbocycles. The van der Waals surface area contributed by atoms with Gasteiger partial charge < -0.3 is 5.11 Å². The second kappa shape index (κ2) is 5.71. The van der Waals surface area contributed by atoms with Crippen molar-refractivity contribution < 1.29 is 5.11 Å². The molecule has 112 valence electrons. The summed E-state index contributed by atoms with van der Waals surface area (Å²) in [6, 6.07) is 0. The van der Waals surface area contributed by atoms with Crippen LogP contribution in [0.1, 0.15) is 40.5 Å². The fourth-order valence-electron chi connectivity index (χ4n) is 3.97. The van der Waals surface area contributed by atoms with Crippen LogP contribution < -0.4 is 0 Å². The summed E-state index contributed by atoms with van der Waals surface area (Å²) in [5.41, 5.74) is 0.258. The molecule has 0 bridgehead atoms. The normalized spacial score (nSPS) is 41.4. The third-order valence-electron chi connectivity index (χ3n) is 5.51. The molecule has 1 saturated carbocycles. The predicted octanol–water partition coefficient (Wildman–Crippen LogP) is 2.06. The smallest absolute Gasteiger partial charge is 0.0585 e. The summed E-state index contributed by atoms with van der Waals surface area (Å²) in [6.45, 7) is 13.7. The summed E-state index contributed by atoms with van der Waals surface area (Å²) < 4.78 is 0. The molecule has 2 aliphatic rings. The molecular formula is C16H32N2O. The third kappa shape index (κ3) is 3.50. The molecule has 2 fully saturated rings. The number of aliphatic hydroxyl groups is 1. The zero-order valence-electron chi connectivity index (χ0n) is 13.4. The Bertz CT molecular complexity index is 293. The first kappa shape index (κ1) is 15.3. The lowest BCUT2D eigenvalue weighted by atomic mass is 9.73. The van der Waals surface area contributed by atoms with Crippen molar-refractivity contribution in [3.8, 4) is 0 Å². The molecule has 2 rings (SSSR count). The van der Waals surface area contributed by atoms with Crippen molar-refractivity contribution in [3.05, 3.63) is 0 Å². The Labute approximate surface area is 119 Å². The van der Waals surface area contributed by atoms with Gasteiger partial charge in [0.05, 0.1) is 6.10 Å². The van der Waals surface area contributed by atoms with Gasteiger partial charge in [0, 0.05) is 37.6 Å². The Hall–Kier alpha value is -0.120. The maximum atomic E-state index is 10.4. The van der Waals surface area contributed by atoms with Gasteiger partial charge in [-0.3, -0.25) is 9.80 Å². The van der Waals surface area contributed by atoms with Crippen LogP contribution >= 0.6 is 0 Å². The van der Waals surface area contributed by atoms with Crippen LogP contribution in [0.25, 0.3) is 0 Å². The van der Waals surface area contributed by atoms with Gasteiger partial charge in [-0.05, 0) is 45.6 Å². The SMILES string of the molecule is CC1CC(C)C(CN2CCN(C)C(C)(C)C2)C(O)C1. The van der Waals surface area contributed by atoms with Gasteiger partial charge in [-0.15, -0.1) is 0 Å². The van der Waals surface area contributed by atoms with Gasteiger partial charge in [0.25, 0.3) is 0 Å². The molecule has 0 radical (unpaired) electrons. The van der Waals surface area contributed by atoms with Gasteiger partial charge in [-0.25, -0.2) is 0 Å². The summed E-state index contributed by atoms with van der Waals surface area (Å²) in [7, 11) is 2.22. The summed E-state index contributed by atoms with van der Waals surface area (Å²) in [5.74, 6) is 1.81. The Kier molecular flexibility index (Phi) is 4.59. The summed E-state index contributed by atoms with van der Waals surface area (Å²) in [4.78, 5) is 5.02. The maximum Gasteiger partial charge on any atom is 0.0585 e. The average molecular weight is 268 g/mol. The molecule has 0 aromatic carbocycles. The van der Waals surface area contributed by atoms with E-state index in [0.29, 0.717) is 17.8 Å². The fraction of sp³-hybridized carbons (Fsp3) is 1.00. The molecule has 1 heterocycles. The van der Waals surface area contributed by atoms with Gasteiger partial charge in [0.2, 0.25) is 0 Å². The first-order chi connectivity index (χ1) is 8.79. The first-order valence-electron chi connectivity index (χ1n) is 7.91. The van der Waals surface area contributed by atoms with Crippen LogP contribution in [0, 0.1) is 17.8 Å². The van der Waals surface area contributed by atoms with Gasteiger partial charge in [0.1, 0.15) is 0 Å². The van der Waals surface area contributed by atoms with Gasteiger partial charge in [-0.1, -0.05) is 13.8 Å². The van der Waals surface area contributed by atoms with Crippen LogP contribution in [0.2, 0.25) is 0 Å². The van der Waals surface area contributed by atoms with Gasteiger partial charge in [-0.2, -0.15) is 0 Å². The number of piperazine rings is 1. The van der Waals surface area contributed by atoms with Crippen LogP contribution in [0.15, 0.2) is 0 Å². The van der Waals surface area contributed by atoms with E-state index in [4.69, 9.17) is 0 Å². The van der Waals surface area contributed by atoms with E-state index >= 15 is 0 Å². The molecule has 3 heteroatoms. The minimum absolute atomic E-state index is 0.0958. The Morgan fingerprint density at radius 1 is 1.16 bits per heavy atom. The topological polar surface area (TPSA) is 26.7 Å². The Morgan fingerprint density at radius 3 is 2.42 bits per heavy atom. The standard InChI is InChI=1S/C16H32N2O/c1-12-8-13(2)14(15(19)9-12)10-18-7-6-17(5)16(3,4)11-18/h12-15,19H,6-11H2,1-5H3. The lowest BCUT2D eigenvalue weighted by Crippen LogP contribution is -2.59. The molecule has 0 aromatic heterocycles. The van der Waals surface area contributed by atoms with Crippen molar-refractivity contribution in [1.82, 2.24) is 9.80 Å². The molecule has 1 saturated heterocycles. The molecule has 1 N–H and O–H groups in total. The van der Waals surface area contributed by atoms with Crippen molar-refractivity contribution in [3.63, 3.8) is 0 Å².